The van der Waals surface area contributed by atoms with Gasteiger partial charge in [0.15, 0.2) is 0 Å². The number of aliphatic hydroxyl groups excluding tert-OH is 1. The smallest absolute Gasteiger partial charge is 0.412 e. The number of H-pyrrole nitrogens is 1. The van der Waals surface area contributed by atoms with Gasteiger partial charge in [0.05, 0.1) is 92.9 Å². The van der Waals surface area contributed by atoms with Crippen molar-refractivity contribution in [1.82, 2.24) is 40.3 Å². The molecule has 3 aromatic heterocycles. The van der Waals surface area contributed by atoms with Crippen LogP contribution in [-0.4, -0.2) is 149 Å². The van der Waals surface area contributed by atoms with Crippen molar-refractivity contribution >= 4 is 69.4 Å². The number of ether oxygens (including phenoxy) is 5. The Labute approximate surface area is 487 Å². The van der Waals surface area contributed by atoms with Crippen molar-refractivity contribution in [3.63, 3.8) is 0 Å². The number of rotatable bonds is 24. The number of hydrogen-bond acceptors (Lipinski definition) is 14. The highest BCUT2D eigenvalue weighted by Crippen LogP contribution is 2.44. The average Bonchev–Trinajstić information content (AvgIpc) is 3.13. The SMILES string of the molecule is Cc1nc([C@H](C)NC(=O)c2ccc(-c3ccc(NC(=O)OC(C)(C)C)cc3)cc2)cc(N2[C@H](C(=O)NCCOCCOCCOCCOCCn3cc(-c4cc(Cl)c(Cl)c5[nH]c6c(c45)CN(C(=O)CO)CC6)cn3)C[C@@H]3CCCC[C@@H]32)n1. The first-order valence-corrected chi connectivity index (χ1v) is 29.0. The van der Waals surface area contributed by atoms with Gasteiger partial charge in [-0.1, -0.05) is 60.3 Å². The number of amides is 4. The predicted molar refractivity (Wildman–Crippen MR) is 313 cm³/mol. The van der Waals surface area contributed by atoms with E-state index in [4.69, 9.17) is 56.9 Å². The summed E-state index contributed by atoms with van der Waals surface area (Å²) in [6.45, 7) is 13.5. The lowest BCUT2D eigenvalue weighted by Gasteiger charge is -2.35. The van der Waals surface area contributed by atoms with E-state index in [2.05, 4.69) is 30.9 Å². The van der Waals surface area contributed by atoms with Crippen LogP contribution >= 0.6 is 23.2 Å². The highest BCUT2D eigenvalue weighted by molar-refractivity contribution is 6.45. The number of nitrogens with one attached hydrogen (secondary N) is 4. The van der Waals surface area contributed by atoms with Crippen LogP contribution in [0.25, 0.3) is 33.2 Å². The summed E-state index contributed by atoms with van der Waals surface area (Å²) in [7, 11) is 0. The van der Waals surface area contributed by atoms with Gasteiger partial charge in [-0.25, -0.2) is 14.8 Å². The molecule has 6 aromatic rings. The lowest BCUT2D eigenvalue weighted by atomic mass is 9.84. The van der Waals surface area contributed by atoms with E-state index in [1.165, 1.54) is 0 Å². The van der Waals surface area contributed by atoms with Gasteiger partial charge in [-0.3, -0.25) is 24.4 Å². The fraction of sp³-hybridized carbons (Fsp3) is 0.483. The standard InChI is InChI=1S/C60H74Cl2N10O10/c1-37(65-57(75)41-12-10-39(11-13-41)40-14-16-44(17-15-40)68-59(77)82-60(3,4)5)49-32-52(67-38(2)66-49)72-50-9-7-6-8-42(50)30-51(72)58(76)63-19-22-78-24-26-80-28-29-81-27-25-79-23-21-71-34-43(33-64-71)45-31-47(61)55(62)56-54(45)46-35-70(53(74)36-73)20-18-48(46)69-56/h10-17,31-34,37,42,50-51,69,73H,6-9,18-30,35-36H2,1-5H3,(H,63,76)(H,65,75)(H,68,77)/t37-,42-,50-,51-/m0/s1. The van der Waals surface area contributed by atoms with E-state index in [9.17, 15) is 24.3 Å². The predicted octanol–water partition coefficient (Wildman–Crippen LogP) is 8.84. The molecule has 3 aliphatic rings. The van der Waals surface area contributed by atoms with E-state index < -0.39 is 30.4 Å². The Morgan fingerprint density at radius 1 is 0.854 bits per heavy atom. The van der Waals surface area contributed by atoms with Crippen LogP contribution < -0.4 is 20.9 Å². The van der Waals surface area contributed by atoms with Crippen LogP contribution in [-0.2, 0) is 52.8 Å². The van der Waals surface area contributed by atoms with Crippen LogP contribution in [0.1, 0.15) is 99.0 Å². The van der Waals surface area contributed by atoms with Gasteiger partial charge in [-0.15, -0.1) is 0 Å². The Kier molecular flexibility index (Phi) is 20.2. The number of anilines is 2. The number of aromatic nitrogens is 5. The molecule has 1 aliphatic carbocycles. The van der Waals surface area contributed by atoms with Gasteiger partial charge in [0.1, 0.15) is 29.9 Å². The van der Waals surface area contributed by atoms with Crippen molar-refractivity contribution in [3.8, 4) is 22.3 Å². The van der Waals surface area contributed by atoms with E-state index in [1.807, 2.05) is 77.2 Å². The Hall–Kier alpha value is -6.65. The Morgan fingerprint density at radius 2 is 1.52 bits per heavy atom. The summed E-state index contributed by atoms with van der Waals surface area (Å²) < 4.78 is 30.2. The van der Waals surface area contributed by atoms with Crippen LogP contribution in [0.15, 0.2) is 73.1 Å². The number of hydrogen-bond donors (Lipinski definition) is 5. The molecule has 4 atom stereocenters. The second-order valence-corrected chi connectivity index (χ2v) is 22.7. The molecule has 2 aliphatic heterocycles. The third-order valence-corrected chi connectivity index (χ3v) is 15.8. The number of nitrogens with zero attached hydrogens (tertiary/aromatic N) is 6. The Balaban J connectivity index is 0.660. The Bertz CT molecular complexity index is 3180. The molecule has 438 valence electrons. The monoisotopic (exact) mass is 1160 g/mol. The zero-order valence-electron chi connectivity index (χ0n) is 47.2. The quantitative estimate of drug-likeness (QED) is 0.0356. The van der Waals surface area contributed by atoms with E-state index in [0.29, 0.717) is 136 Å². The maximum absolute atomic E-state index is 13.9. The van der Waals surface area contributed by atoms with Crippen LogP contribution in [0.4, 0.5) is 16.3 Å². The normalized spacial score (nSPS) is 17.3. The summed E-state index contributed by atoms with van der Waals surface area (Å²) >= 11 is 13.2. The molecule has 1 saturated heterocycles. The maximum Gasteiger partial charge on any atom is 0.412 e. The first kappa shape index (κ1) is 60.0. The third kappa shape index (κ3) is 15.1. The number of aromatic amines is 1. The van der Waals surface area contributed by atoms with Crippen LogP contribution in [0.2, 0.25) is 10.0 Å². The second kappa shape index (κ2) is 27.6. The molecule has 0 spiro atoms. The minimum absolute atomic E-state index is 0.0627. The zero-order valence-corrected chi connectivity index (χ0v) is 48.7. The van der Waals surface area contributed by atoms with Crippen LogP contribution in [0.3, 0.4) is 0 Å². The number of aryl methyl sites for hydroxylation is 1. The molecule has 2 fully saturated rings. The molecule has 0 unspecified atom stereocenters. The van der Waals surface area contributed by atoms with E-state index in [-0.39, 0.29) is 23.8 Å². The highest BCUT2D eigenvalue weighted by Gasteiger charge is 2.46. The fourth-order valence-electron chi connectivity index (χ4n) is 11.1. The van der Waals surface area contributed by atoms with Crippen molar-refractivity contribution < 1.29 is 48.0 Å². The maximum atomic E-state index is 13.9. The number of carbonyl (C=O) groups excluding carboxylic acids is 4. The van der Waals surface area contributed by atoms with Gasteiger partial charge in [0, 0.05) is 77.8 Å². The summed E-state index contributed by atoms with van der Waals surface area (Å²) in [5.41, 5.74) is 7.39. The first-order valence-electron chi connectivity index (χ1n) is 28.2. The molecular formula is C60H74Cl2N10O10. The number of benzene rings is 3. The molecule has 82 heavy (non-hydrogen) atoms. The van der Waals surface area contributed by atoms with Gasteiger partial charge in [-0.2, -0.15) is 5.10 Å². The summed E-state index contributed by atoms with van der Waals surface area (Å²) in [5.74, 6) is 0.999. The minimum Gasteiger partial charge on any atom is -0.444 e. The number of halogens is 2. The van der Waals surface area contributed by atoms with Crippen LogP contribution in [0.5, 0.6) is 0 Å². The summed E-state index contributed by atoms with van der Waals surface area (Å²) in [6, 6.07) is 17.8. The fourth-order valence-corrected chi connectivity index (χ4v) is 11.5. The number of fused-ring (bicyclic) bond motifs is 4. The largest absolute Gasteiger partial charge is 0.444 e. The lowest BCUT2D eigenvalue weighted by molar-refractivity contribution is -0.135. The molecule has 0 bridgehead atoms. The van der Waals surface area contributed by atoms with E-state index >= 15 is 0 Å². The molecule has 22 heteroatoms. The van der Waals surface area contributed by atoms with Crippen LogP contribution in [0, 0.1) is 12.8 Å². The molecule has 5 heterocycles. The molecule has 5 N–H and O–H groups in total. The highest BCUT2D eigenvalue weighted by atomic mass is 35.5. The van der Waals surface area contributed by atoms with Crippen molar-refractivity contribution in [2.75, 3.05) is 82.8 Å². The first-order chi connectivity index (χ1) is 39.5. The molecule has 0 radical (unpaired) electrons. The van der Waals surface area contributed by atoms with Gasteiger partial charge < -0.3 is 54.2 Å². The summed E-state index contributed by atoms with van der Waals surface area (Å²) in [4.78, 5) is 68.9. The van der Waals surface area contributed by atoms with Crippen molar-refractivity contribution in [1.29, 1.82) is 0 Å². The van der Waals surface area contributed by atoms with Gasteiger partial charge in [0.2, 0.25) is 11.8 Å². The second-order valence-electron chi connectivity index (χ2n) is 22.0. The molecule has 3 aromatic carbocycles. The zero-order chi connectivity index (χ0) is 57.9. The number of carbonyl (C=O) groups is 4. The van der Waals surface area contributed by atoms with E-state index in [1.54, 1.807) is 40.0 Å². The Morgan fingerprint density at radius 3 is 2.22 bits per heavy atom. The minimum atomic E-state index is -0.600. The molecular weight excluding hydrogens is 1090 g/mol. The van der Waals surface area contributed by atoms with Gasteiger partial charge >= 0.3 is 6.09 Å². The molecule has 9 rings (SSSR count). The third-order valence-electron chi connectivity index (χ3n) is 15.0. The molecule has 4 amide bonds. The topological polar surface area (TPSA) is 237 Å². The molecule has 1 saturated carbocycles. The molecule has 20 nitrogen and oxygen atoms in total. The lowest BCUT2D eigenvalue weighted by Crippen LogP contribution is -2.48. The van der Waals surface area contributed by atoms with Gasteiger partial charge in [0.25, 0.3) is 5.91 Å². The van der Waals surface area contributed by atoms with Crippen molar-refractivity contribution in [2.45, 2.75) is 110 Å². The number of aliphatic hydroxyl groups is 1. The van der Waals surface area contributed by atoms with Gasteiger partial charge in [-0.05, 0) is 107 Å². The summed E-state index contributed by atoms with van der Waals surface area (Å²) in [5, 5.41) is 24.7. The van der Waals surface area contributed by atoms with Crippen molar-refractivity contribution in [2.24, 2.45) is 5.92 Å². The van der Waals surface area contributed by atoms with Crippen molar-refractivity contribution in [3.05, 3.63) is 111 Å². The van der Waals surface area contributed by atoms with E-state index in [0.717, 1.165) is 71.0 Å². The summed E-state index contributed by atoms with van der Waals surface area (Å²) in [6.07, 6.45) is 8.79. The average molecular weight is 1170 g/mol.